The molecule has 3 aromatic rings. The maximum atomic E-state index is 12.4. The molecule has 3 rings (SSSR count). The fourth-order valence-corrected chi connectivity index (χ4v) is 2.38. The molecule has 0 aliphatic carbocycles. The summed E-state index contributed by atoms with van der Waals surface area (Å²) in [5.74, 6) is -3.75. The van der Waals surface area contributed by atoms with Crippen molar-refractivity contribution in [2.75, 3.05) is 0 Å². The van der Waals surface area contributed by atoms with Gasteiger partial charge in [0.2, 0.25) is 0 Å². The normalized spacial score (nSPS) is 9.33. The molecule has 30 heavy (non-hydrogen) atoms. The molecule has 3 aromatic carbocycles. The second-order valence-electron chi connectivity index (χ2n) is 5.63. The molecule has 0 bridgehead atoms. The standard InChI is InChI=1S/C22H14O6.2Na.2H/c23-19(15-9-3-1-4-10-15)27-21(25)17-13-7-8-14-18(17)22(26)28-20(24)16-11-5-2-6-12-16;;;;/h1-14H;;;;. The molecule has 0 saturated heterocycles. The van der Waals surface area contributed by atoms with Gasteiger partial charge in [0.05, 0.1) is 22.3 Å². The number of benzene rings is 3. The minimum absolute atomic E-state index is 0. The molecule has 8 heteroatoms. The van der Waals surface area contributed by atoms with Gasteiger partial charge in [0, 0.05) is 0 Å². The van der Waals surface area contributed by atoms with E-state index < -0.39 is 23.9 Å². The molecular formula is C22H16Na2O6. The van der Waals surface area contributed by atoms with Gasteiger partial charge in [0.15, 0.2) is 0 Å². The first kappa shape index (κ1) is 26.0. The molecule has 0 aromatic heterocycles. The monoisotopic (exact) mass is 422 g/mol. The number of hydrogen-bond acceptors (Lipinski definition) is 6. The summed E-state index contributed by atoms with van der Waals surface area (Å²) in [7, 11) is 0. The van der Waals surface area contributed by atoms with Crippen LogP contribution in [0.5, 0.6) is 0 Å². The fourth-order valence-electron chi connectivity index (χ4n) is 2.38. The predicted molar refractivity (Wildman–Crippen MR) is 113 cm³/mol. The summed E-state index contributed by atoms with van der Waals surface area (Å²) in [4.78, 5) is 48.9. The maximum absolute atomic E-state index is 12.4. The van der Waals surface area contributed by atoms with Crippen molar-refractivity contribution in [1.82, 2.24) is 0 Å². The van der Waals surface area contributed by atoms with Crippen molar-refractivity contribution >= 4 is 83.0 Å². The summed E-state index contributed by atoms with van der Waals surface area (Å²) < 4.78 is 9.66. The Hall–Kier alpha value is -2.06. The summed E-state index contributed by atoms with van der Waals surface area (Å²) in [5, 5.41) is 0. The van der Waals surface area contributed by atoms with Crippen LogP contribution in [-0.2, 0) is 9.47 Å². The number of esters is 4. The van der Waals surface area contributed by atoms with E-state index in [0.29, 0.717) is 0 Å². The first-order valence-corrected chi connectivity index (χ1v) is 8.28. The van der Waals surface area contributed by atoms with E-state index in [4.69, 9.17) is 9.47 Å². The van der Waals surface area contributed by atoms with E-state index >= 15 is 0 Å². The van der Waals surface area contributed by atoms with E-state index in [1.54, 1.807) is 36.4 Å². The first-order valence-electron chi connectivity index (χ1n) is 8.28. The average molecular weight is 422 g/mol. The molecule has 0 fully saturated rings. The van der Waals surface area contributed by atoms with Crippen LogP contribution >= 0.6 is 0 Å². The molecule has 0 saturated carbocycles. The molecule has 6 nitrogen and oxygen atoms in total. The van der Waals surface area contributed by atoms with E-state index in [1.807, 2.05) is 0 Å². The Balaban J connectivity index is 0.00000225. The molecule has 0 atom stereocenters. The van der Waals surface area contributed by atoms with Gasteiger partial charge in [-0.05, 0) is 36.4 Å². The zero-order valence-electron chi connectivity index (χ0n) is 14.5. The van der Waals surface area contributed by atoms with Crippen LogP contribution in [0.3, 0.4) is 0 Å². The first-order chi connectivity index (χ1) is 13.6. The minimum atomic E-state index is -1.02. The molecule has 0 amide bonds. The Bertz CT molecular complexity index is 951. The van der Waals surface area contributed by atoms with E-state index in [2.05, 4.69) is 0 Å². The molecule has 142 valence electrons. The molecular weight excluding hydrogens is 406 g/mol. The van der Waals surface area contributed by atoms with Crippen molar-refractivity contribution in [2.24, 2.45) is 0 Å². The third-order valence-electron chi connectivity index (χ3n) is 3.76. The second kappa shape index (κ2) is 12.6. The Morgan fingerprint density at radius 3 is 1.07 bits per heavy atom. The van der Waals surface area contributed by atoms with Crippen molar-refractivity contribution < 1.29 is 28.7 Å². The van der Waals surface area contributed by atoms with Crippen LogP contribution < -0.4 is 0 Å². The van der Waals surface area contributed by atoms with Crippen LogP contribution in [0.25, 0.3) is 0 Å². The molecule has 0 aliphatic rings. The van der Waals surface area contributed by atoms with Crippen molar-refractivity contribution in [3.05, 3.63) is 107 Å². The van der Waals surface area contributed by atoms with Gasteiger partial charge < -0.3 is 9.47 Å². The number of hydrogen-bond donors (Lipinski definition) is 0. The summed E-state index contributed by atoms with van der Waals surface area (Å²) in [6.45, 7) is 0. The fraction of sp³-hybridized carbons (Fsp3) is 0. The van der Waals surface area contributed by atoms with Gasteiger partial charge in [-0.1, -0.05) is 48.5 Å². The molecule has 0 unspecified atom stereocenters. The summed E-state index contributed by atoms with van der Waals surface area (Å²) >= 11 is 0. The van der Waals surface area contributed by atoms with E-state index in [-0.39, 0.29) is 81.4 Å². The molecule has 0 spiro atoms. The van der Waals surface area contributed by atoms with Gasteiger partial charge in [-0.25, -0.2) is 19.2 Å². The number of ether oxygens (including phenoxy) is 2. The van der Waals surface area contributed by atoms with E-state index in [0.717, 1.165) is 0 Å². The number of rotatable bonds is 4. The van der Waals surface area contributed by atoms with E-state index in [1.165, 1.54) is 48.5 Å². The SMILES string of the molecule is O=C(OC(=O)c1ccccc1C(=O)OC(=O)c1ccccc1)c1ccccc1.[NaH].[NaH]. The average Bonchev–Trinajstić information content (AvgIpc) is 2.74. The van der Waals surface area contributed by atoms with Crippen molar-refractivity contribution in [2.45, 2.75) is 0 Å². The van der Waals surface area contributed by atoms with Crippen LogP contribution in [0.1, 0.15) is 41.4 Å². The topological polar surface area (TPSA) is 86.7 Å². The van der Waals surface area contributed by atoms with Crippen LogP contribution in [0.2, 0.25) is 0 Å². The van der Waals surface area contributed by atoms with Gasteiger partial charge in [-0.3, -0.25) is 0 Å². The van der Waals surface area contributed by atoms with Crippen LogP contribution in [0, 0.1) is 0 Å². The van der Waals surface area contributed by atoms with Gasteiger partial charge in [0.25, 0.3) is 0 Å². The zero-order chi connectivity index (χ0) is 19.9. The van der Waals surface area contributed by atoms with Crippen LogP contribution in [0.4, 0.5) is 0 Å². The molecule has 0 aliphatic heterocycles. The summed E-state index contributed by atoms with van der Waals surface area (Å²) in [6.07, 6.45) is 0. The van der Waals surface area contributed by atoms with Gasteiger partial charge in [-0.15, -0.1) is 0 Å². The zero-order valence-corrected chi connectivity index (χ0v) is 14.5. The third kappa shape index (κ3) is 6.74. The van der Waals surface area contributed by atoms with E-state index in [9.17, 15) is 19.2 Å². The van der Waals surface area contributed by atoms with Crippen molar-refractivity contribution in [1.29, 1.82) is 0 Å². The third-order valence-corrected chi connectivity index (χ3v) is 3.76. The molecule has 0 heterocycles. The van der Waals surface area contributed by atoms with Gasteiger partial charge in [-0.2, -0.15) is 0 Å². The Labute approximate surface area is 217 Å². The van der Waals surface area contributed by atoms with Gasteiger partial charge >= 0.3 is 83.0 Å². The molecule has 0 radical (unpaired) electrons. The Kier molecular flexibility index (Phi) is 10.9. The number of carbonyl (C=O) groups is 4. The second-order valence-corrected chi connectivity index (χ2v) is 5.63. The van der Waals surface area contributed by atoms with Crippen molar-refractivity contribution in [3.63, 3.8) is 0 Å². The summed E-state index contributed by atoms with van der Waals surface area (Å²) in [6, 6.07) is 21.5. The van der Waals surface area contributed by atoms with Crippen molar-refractivity contribution in [3.8, 4) is 0 Å². The van der Waals surface area contributed by atoms with Gasteiger partial charge in [0.1, 0.15) is 0 Å². The Morgan fingerprint density at radius 2 is 0.733 bits per heavy atom. The number of carbonyl (C=O) groups excluding carboxylic acids is 4. The van der Waals surface area contributed by atoms with Crippen LogP contribution in [0.15, 0.2) is 84.9 Å². The summed E-state index contributed by atoms with van der Waals surface area (Å²) in [5.41, 5.74) is 0.0145. The quantitative estimate of drug-likeness (QED) is 0.365. The Morgan fingerprint density at radius 1 is 0.433 bits per heavy atom. The predicted octanol–water partition coefficient (Wildman–Crippen LogP) is 2.38. The van der Waals surface area contributed by atoms with Crippen LogP contribution in [-0.4, -0.2) is 83.0 Å². The molecule has 0 N–H and O–H groups in total.